The van der Waals surface area contributed by atoms with E-state index in [1.165, 1.54) is 0 Å². The lowest BCUT2D eigenvalue weighted by molar-refractivity contribution is 1.07. The van der Waals surface area contributed by atoms with Gasteiger partial charge in [-0.2, -0.15) is 10.2 Å². The summed E-state index contributed by atoms with van der Waals surface area (Å²) >= 11 is 0. The lowest BCUT2D eigenvalue weighted by Crippen LogP contribution is -2.22. The molecule has 1 heterocycles. The van der Waals surface area contributed by atoms with Gasteiger partial charge in [0.15, 0.2) is 0 Å². The Kier molecular flexibility index (Phi) is 2.42. The highest BCUT2D eigenvalue weighted by Gasteiger charge is 1.96. The van der Waals surface area contributed by atoms with Crippen molar-refractivity contribution in [1.82, 2.24) is 10.2 Å². The Bertz CT molecular complexity index is 292. The maximum atomic E-state index is 5.09. The zero-order valence-electron chi connectivity index (χ0n) is 6.65. The van der Waals surface area contributed by atoms with Gasteiger partial charge in [-0.05, 0) is 13.0 Å². The average Bonchev–Trinajstić information content (AvgIpc) is 2.51. The fourth-order valence-corrected chi connectivity index (χ4v) is 0.644. The SMILES string of the molecule is C/C(=N\N=C(N)N)c1ccn[nH]1. The topological polar surface area (TPSA) is 105 Å². The fraction of sp³-hybridized carbons (Fsp3) is 0.167. The molecule has 1 aromatic heterocycles. The summed E-state index contributed by atoms with van der Waals surface area (Å²) in [6.07, 6.45) is 1.63. The Morgan fingerprint density at radius 3 is 2.75 bits per heavy atom. The van der Waals surface area contributed by atoms with Gasteiger partial charge in [-0.3, -0.25) is 5.10 Å². The standard InChI is InChI=1S/C6H10N6/c1-4(10-12-6(7)8)5-2-3-9-11-5/h2-3H,1H3,(H,9,11)(H4,7,8,12)/b10-4+. The number of nitrogens with zero attached hydrogens (tertiary/aromatic N) is 3. The summed E-state index contributed by atoms with van der Waals surface area (Å²) < 4.78 is 0. The molecule has 0 atom stereocenters. The Hall–Kier alpha value is -1.85. The van der Waals surface area contributed by atoms with Crippen LogP contribution < -0.4 is 11.5 Å². The number of H-pyrrole nitrogens is 1. The van der Waals surface area contributed by atoms with Crippen molar-refractivity contribution in [3.05, 3.63) is 18.0 Å². The van der Waals surface area contributed by atoms with E-state index in [0.29, 0.717) is 5.71 Å². The summed E-state index contributed by atoms with van der Waals surface area (Å²) in [4.78, 5) is 0. The molecule has 0 saturated carbocycles. The van der Waals surface area contributed by atoms with Crippen LogP contribution in [0.3, 0.4) is 0 Å². The van der Waals surface area contributed by atoms with E-state index in [1.807, 2.05) is 0 Å². The van der Waals surface area contributed by atoms with E-state index < -0.39 is 0 Å². The first-order valence-electron chi connectivity index (χ1n) is 3.33. The molecule has 0 aliphatic carbocycles. The second-order valence-electron chi connectivity index (χ2n) is 2.18. The van der Waals surface area contributed by atoms with Crippen molar-refractivity contribution < 1.29 is 0 Å². The van der Waals surface area contributed by atoms with Gasteiger partial charge in [0.2, 0.25) is 5.96 Å². The first kappa shape index (κ1) is 8.25. The van der Waals surface area contributed by atoms with E-state index in [0.717, 1.165) is 5.69 Å². The minimum atomic E-state index is -0.0612. The van der Waals surface area contributed by atoms with E-state index in [2.05, 4.69) is 20.4 Å². The second-order valence-corrected chi connectivity index (χ2v) is 2.18. The second kappa shape index (κ2) is 3.51. The van der Waals surface area contributed by atoms with Crippen molar-refractivity contribution in [2.75, 3.05) is 0 Å². The molecular weight excluding hydrogens is 156 g/mol. The number of nitrogens with two attached hydrogens (primary N) is 2. The van der Waals surface area contributed by atoms with E-state index >= 15 is 0 Å². The van der Waals surface area contributed by atoms with Crippen LogP contribution >= 0.6 is 0 Å². The number of aromatic nitrogens is 2. The summed E-state index contributed by atoms with van der Waals surface area (Å²) in [7, 11) is 0. The van der Waals surface area contributed by atoms with Crippen molar-refractivity contribution in [1.29, 1.82) is 0 Å². The highest BCUT2D eigenvalue weighted by Crippen LogP contribution is 1.94. The van der Waals surface area contributed by atoms with Gasteiger partial charge in [0, 0.05) is 6.20 Å². The Labute approximate surface area is 69.4 Å². The third-order valence-electron chi connectivity index (χ3n) is 1.21. The minimum absolute atomic E-state index is 0.0612. The van der Waals surface area contributed by atoms with Crippen molar-refractivity contribution in [2.45, 2.75) is 6.92 Å². The van der Waals surface area contributed by atoms with Gasteiger partial charge in [0.05, 0.1) is 11.4 Å². The summed E-state index contributed by atoms with van der Waals surface area (Å²) in [5, 5.41) is 13.7. The zero-order valence-corrected chi connectivity index (χ0v) is 6.65. The van der Waals surface area contributed by atoms with E-state index in [4.69, 9.17) is 11.5 Å². The van der Waals surface area contributed by atoms with Crippen molar-refractivity contribution in [3.8, 4) is 0 Å². The lowest BCUT2D eigenvalue weighted by atomic mass is 10.3. The Balaban J connectivity index is 2.78. The molecule has 0 saturated heterocycles. The monoisotopic (exact) mass is 166 g/mol. The smallest absolute Gasteiger partial charge is 0.211 e. The van der Waals surface area contributed by atoms with Crippen molar-refractivity contribution in [3.63, 3.8) is 0 Å². The Morgan fingerprint density at radius 2 is 2.25 bits per heavy atom. The van der Waals surface area contributed by atoms with Crippen LogP contribution in [-0.2, 0) is 0 Å². The van der Waals surface area contributed by atoms with Gasteiger partial charge in [0.1, 0.15) is 0 Å². The van der Waals surface area contributed by atoms with Gasteiger partial charge in [-0.15, -0.1) is 5.10 Å². The van der Waals surface area contributed by atoms with Crippen molar-refractivity contribution in [2.24, 2.45) is 21.7 Å². The lowest BCUT2D eigenvalue weighted by Gasteiger charge is -1.91. The molecule has 0 bridgehead atoms. The van der Waals surface area contributed by atoms with Crippen LogP contribution in [0.1, 0.15) is 12.6 Å². The molecule has 1 aromatic rings. The van der Waals surface area contributed by atoms with Gasteiger partial charge >= 0.3 is 0 Å². The number of hydrogen-bond donors (Lipinski definition) is 3. The summed E-state index contributed by atoms with van der Waals surface area (Å²) in [5.74, 6) is -0.0612. The maximum absolute atomic E-state index is 5.09. The molecule has 0 aromatic carbocycles. The van der Waals surface area contributed by atoms with Crippen LogP contribution in [-0.4, -0.2) is 21.9 Å². The van der Waals surface area contributed by atoms with Gasteiger partial charge in [-0.1, -0.05) is 0 Å². The normalized spacial score (nSPS) is 11.2. The number of aromatic amines is 1. The van der Waals surface area contributed by atoms with Crippen LogP contribution in [0, 0.1) is 0 Å². The molecule has 0 unspecified atom stereocenters. The first-order chi connectivity index (χ1) is 5.70. The predicted molar refractivity (Wildman–Crippen MR) is 46.6 cm³/mol. The molecule has 0 aliphatic heterocycles. The molecule has 0 spiro atoms. The number of hydrogen-bond acceptors (Lipinski definition) is 3. The fourth-order valence-electron chi connectivity index (χ4n) is 0.644. The van der Waals surface area contributed by atoms with Gasteiger partial charge in [-0.25, -0.2) is 0 Å². The quantitative estimate of drug-likeness (QED) is 0.310. The third-order valence-corrected chi connectivity index (χ3v) is 1.21. The summed E-state index contributed by atoms with van der Waals surface area (Å²) in [6.45, 7) is 1.78. The van der Waals surface area contributed by atoms with E-state index in [-0.39, 0.29) is 5.96 Å². The highest BCUT2D eigenvalue weighted by atomic mass is 15.3. The molecule has 12 heavy (non-hydrogen) atoms. The van der Waals surface area contributed by atoms with Crippen LogP contribution in [0.4, 0.5) is 0 Å². The molecule has 1 rings (SSSR count). The van der Waals surface area contributed by atoms with Crippen LogP contribution in [0.15, 0.2) is 22.5 Å². The Morgan fingerprint density at radius 1 is 1.50 bits per heavy atom. The molecule has 64 valence electrons. The minimum Gasteiger partial charge on any atom is -0.369 e. The van der Waals surface area contributed by atoms with Crippen LogP contribution in [0.5, 0.6) is 0 Å². The van der Waals surface area contributed by atoms with Crippen LogP contribution in [0.2, 0.25) is 0 Å². The molecule has 0 amide bonds. The molecular formula is C6H10N6. The van der Waals surface area contributed by atoms with Crippen LogP contribution in [0.25, 0.3) is 0 Å². The number of nitrogens with one attached hydrogen (secondary N) is 1. The maximum Gasteiger partial charge on any atom is 0.211 e. The molecule has 6 heteroatoms. The molecule has 0 radical (unpaired) electrons. The average molecular weight is 166 g/mol. The summed E-state index contributed by atoms with van der Waals surface area (Å²) in [6, 6.07) is 1.78. The van der Waals surface area contributed by atoms with Gasteiger partial charge in [0.25, 0.3) is 0 Å². The molecule has 5 N–H and O–H groups in total. The van der Waals surface area contributed by atoms with Gasteiger partial charge < -0.3 is 11.5 Å². The highest BCUT2D eigenvalue weighted by molar-refractivity contribution is 5.97. The van der Waals surface area contributed by atoms with E-state index in [1.54, 1.807) is 19.2 Å². The first-order valence-corrected chi connectivity index (χ1v) is 3.33. The number of rotatable bonds is 2. The third kappa shape index (κ3) is 2.08. The molecule has 0 fully saturated rings. The molecule has 0 aliphatic rings. The number of guanidine groups is 1. The zero-order chi connectivity index (χ0) is 8.97. The largest absolute Gasteiger partial charge is 0.369 e. The molecule has 6 nitrogen and oxygen atoms in total. The van der Waals surface area contributed by atoms with E-state index in [9.17, 15) is 0 Å². The summed E-state index contributed by atoms with van der Waals surface area (Å²) in [5.41, 5.74) is 11.7. The predicted octanol–water partition coefficient (Wildman–Crippen LogP) is -0.593. The van der Waals surface area contributed by atoms with Crippen molar-refractivity contribution >= 4 is 11.7 Å².